The topological polar surface area (TPSA) is 92.3 Å². The molecule has 2 aromatic rings. The number of hydrogen-bond acceptors (Lipinski definition) is 5. The van der Waals surface area contributed by atoms with Gasteiger partial charge in [-0.3, -0.25) is 9.59 Å². The van der Waals surface area contributed by atoms with Crippen molar-refractivity contribution < 1.29 is 19.2 Å². The van der Waals surface area contributed by atoms with Crippen molar-refractivity contribution in [2.24, 2.45) is 0 Å². The van der Waals surface area contributed by atoms with Crippen LogP contribution in [0.5, 0.6) is 0 Å². The molecule has 2 rings (SSSR count). The van der Waals surface area contributed by atoms with E-state index in [9.17, 15) is 19.2 Å². The van der Waals surface area contributed by atoms with Crippen LogP contribution in [-0.4, -0.2) is 43.4 Å². The summed E-state index contributed by atoms with van der Waals surface area (Å²) in [6.45, 7) is 22.1. The van der Waals surface area contributed by atoms with E-state index in [1.54, 1.807) is 6.92 Å². The first kappa shape index (κ1) is 50.7. The van der Waals surface area contributed by atoms with Crippen molar-refractivity contribution in [3.63, 3.8) is 0 Å². The predicted molar refractivity (Wildman–Crippen MR) is 180 cm³/mol. The van der Waals surface area contributed by atoms with Crippen LogP contribution < -0.4 is 10.6 Å². The lowest BCUT2D eigenvalue weighted by Gasteiger charge is -1.93. The van der Waals surface area contributed by atoms with E-state index >= 15 is 0 Å². The molecule has 0 aliphatic carbocycles. The summed E-state index contributed by atoms with van der Waals surface area (Å²) in [6, 6.07) is 24.0. The lowest BCUT2D eigenvalue weighted by molar-refractivity contribution is -0.121. The second kappa shape index (κ2) is 53.2. The van der Waals surface area contributed by atoms with Crippen molar-refractivity contribution in [2.75, 3.05) is 20.1 Å². The maximum absolute atomic E-state index is 10.3. The summed E-state index contributed by atoms with van der Waals surface area (Å²) in [4.78, 5) is 39.7. The van der Waals surface area contributed by atoms with Gasteiger partial charge in [0.25, 0.3) is 0 Å². The van der Waals surface area contributed by atoms with Gasteiger partial charge in [0, 0.05) is 32.2 Å². The zero-order valence-corrected chi connectivity index (χ0v) is 28.5. The average molecular weight is 577 g/mol. The molecule has 0 radical (unpaired) electrons. The van der Waals surface area contributed by atoms with Crippen molar-refractivity contribution in [3.8, 4) is 0 Å². The quantitative estimate of drug-likeness (QED) is 0.360. The van der Waals surface area contributed by atoms with Gasteiger partial charge in [-0.15, -0.1) is 0 Å². The summed E-state index contributed by atoms with van der Waals surface area (Å²) in [6.07, 6.45) is 3.89. The minimum atomic E-state index is 0.127. The zero-order valence-electron chi connectivity index (χ0n) is 28.5. The fourth-order valence-corrected chi connectivity index (χ4v) is 1.34. The molecule has 0 saturated heterocycles. The molecular formula is C35H64N2O4. The van der Waals surface area contributed by atoms with E-state index in [0.29, 0.717) is 31.5 Å². The second-order valence-corrected chi connectivity index (χ2v) is 8.24. The van der Waals surface area contributed by atoms with E-state index in [0.717, 1.165) is 13.1 Å². The summed E-state index contributed by atoms with van der Waals surface area (Å²) in [7, 11) is 1.93. The Hall–Kier alpha value is -3.12. The minimum Gasteiger partial charge on any atom is -0.356 e. The number of carbonyl (C=O) groups excluding carboxylic acids is 4. The van der Waals surface area contributed by atoms with Gasteiger partial charge in [0.2, 0.25) is 5.91 Å². The number of Topliss-reactive ketones (excluding diaryl/α,β-unsaturated/α-hetero) is 3. The van der Waals surface area contributed by atoms with Gasteiger partial charge in [-0.25, -0.2) is 0 Å². The lowest BCUT2D eigenvalue weighted by atomic mass is 10.3. The van der Waals surface area contributed by atoms with E-state index in [1.165, 1.54) is 20.3 Å². The molecule has 2 N–H and O–H groups in total. The molecule has 0 saturated carbocycles. The van der Waals surface area contributed by atoms with Crippen LogP contribution in [0.2, 0.25) is 0 Å². The normalized spacial score (nSPS) is 7.71. The van der Waals surface area contributed by atoms with E-state index in [4.69, 9.17) is 0 Å². The first-order valence-electron chi connectivity index (χ1n) is 14.8. The number of hydrogen-bond donors (Lipinski definition) is 2. The molecule has 0 heterocycles. The van der Waals surface area contributed by atoms with Gasteiger partial charge in [-0.05, 0) is 41.3 Å². The van der Waals surface area contributed by atoms with Crippen LogP contribution in [0.3, 0.4) is 0 Å². The Bertz CT molecular complexity index is 639. The van der Waals surface area contributed by atoms with Crippen LogP contribution in [-0.2, 0) is 19.2 Å². The molecule has 0 bridgehead atoms. The number of amides is 1. The number of rotatable bonds is 6. The molecule has 41 heavy (non-hydrogen) atoms. The van der Waals surface area contributed by atoms with Gasteiger partial charge >= 0.3 is 0 Å². The highest BCUT2D eigenvalue weighted by molar-refractivity contribution is 5.77. The Morgan fingerprint density at radius 3 is 0.756 bits per heavy atom. The zero-order chi connectivity index (χ0) is 33.2. The molecular weight excluding hydrogens is 512 g/mol. The first-order valence-corrected chi connectivity index (χ1v) is 14.8. The van der Waals surface area contributed by atoms with E-state index in [1.807, 2.05) is 114 Å². The summed E-state index contributed by atoms with van der Waals surface area (Å²) in [5, 5.41) is 5.59. The Labute approximate surface area is 254 Å². The van der Waals surface area contributed by atoms with Crippen molar-refractivity contribution in [1.29, 1.82) is 0 Å². The van der Waals surface area contributed by atoms with Gasteiger partial charge in [0.05, 0.1) is 0 Å². The Morgan fingerprint density at radius 2 is 0.707 bits per heavy atom. The van der Waals surface area contributed by atoms with Crippen molar-refractivity contribution >= 4 is 23.3 Å². The Kier molecular flexibility index (Phi) is 65.8. The standard InChI is InChI=1S/2C6H6.C5H11NO.C5H10O.C4H8O.C3H9N.C3H6O.C3H8/c2*1-2-4-6-5-3-1;1-3-5(7)6-4-2;1-3-5(6)4-2;1-3-4(2)5;1-3-4-2;1-3(2)4;1-3-2/h2*1-6H;3-4H2,1-2H3,(H,6,7);3-4H2,1-2H3;3H2,1-2H3;4H,3H2,1-2H3;1-2H3;3H2,1-2H3. The van der Waals surface area contributed by atoms with Crippen LogP contribution in [0, 0.1) is 0 Å². The van der Waals surface area contributed by atoms with Gasteiger partial charge in [-0.2, -0.15) is 0 Å². The lowest BCUT2D eigenvalue weighted by Crippen LogP contribution is -2.20. The molecule has 0 unspecified atom stereocenters. The van der Waals surface area contributed by atoms with E-state index < -0.39 is 0 Å². The smallest absolute Gasteiger partial charge is 0.219 e. The van der Waals surface area contributed by atoms with Gasteiger partial charge in [-0.1, -0.05) is 128 Å². The summed E-state index contributed by atoms with van der Waals surface area (Å²) in [5.74, 6) is 0.891. The van der Waals surface area contributed by atoms with E-state index in [-0.39, 0.29) is 17.5 Å². The molecule has 0 spiro atoms. The van der Waals surface area contributed by atoms with Crippen LogP contribution >= 0.6 is 0 Å². The van der Waals surface area contributed by atoms with E-state index in [2.05, 4.69) is 31.4 Å². The SMILES string of the molecule is CC(C)=O.CCC.CCC(=O)CC.CCC(C)=O.CCNC.CCNC(=O)CC.c1ccccc1.c1ccccc1. The van der Waals surface area contributed by atoms with Crippen molar-refractivity contribution in [2.45, 2.75) is 108 Å². The largest absolute Gasteiger partial charge is 0.356 e. The van der Waals surface area contributed by atoms with Crippen LogP contribution in [0.1, 0.15) is 108 Å². The third kappa shape index (κ3) is 103. The number of benzene rings is 2. The van der Waals surface area contributed by atoms with Crippen LogP contribution in [0.15, 0.2) is 72.8 Å². The number of ketones is 3. The molecule has 0 atom stereocenters. The highest BCUT2D eigenvalue weighted by atomic mass is 16.1. The highest BCUT2D eigenvalue weighted by Gasteiger charge is 1.88. The van der Waals surface area contributed by atoms with Crippen molar-refractivity contribution in [1.82, 2.24) is 10.6 Å². The summed E-state index contributed by atoms with van der Waals surface area (Å²) in [5.41, 5.74) is 0. The molecule has 238 valence electrons. The third-order valence-corrected chi connectivity index (χ3v) is 3.67. The van der Waals surface area contributed by atoms with Gasteiger partial charge in [0.1, 0.15) is 17.3 Å². The fourth-order valence-electron chi connectivity index (χ4n) is 1.34. The maximum atomic E-state index is 10.3. The fraction of sp³-hybridized carbons (Fsp3) is 0.543. The van der Waals surface area contributed by atoms with Gasteiger partial charge in [0.15, 0.2) is 0 Å². The third-order valence-electron chi connectivity index (χ3n) is 3.67. The second-order valence-electron chi connectivity index (χ2n) is 8.24. The molecule has 0 fully saturated rings. The molecule has 2 aromatic carbocycles. The molecule has 6 heteroatoms. The predicted octanol–water partition coefficient (Wildman–Crippen LogP) is 8.50. The van der Waals surface area contributed by atoms with Crippen molar-refractivity contribution in [3.05, 3.63) is 72.8 Å². The maximum Gasteiger partial charge on any atom is 0.219 e. The minimum absolute atomic E-state index is 0.127. The summed E-state index contributed by atoms with van der Waals surface area (Å²) < 4.78 is 0. The molecule has 0 aromatic heterocycles. The van der Waals surface area contributed by atoms with Crippen LogP contribution in [0.25, 0.3) is 0 Å². The summed E-state index contributed by atoms with van der Waals surface area (Å²) >= 11 is 0. The Morgan fingerprint density at radius 1 is 0.488 bits per heavy atom. The number of nitrogens with one attached hydrogen (secondary N) is 2. The molecule has 1 amide bonds. The average Bonchev–Trinajstić information content (AvgIpc) is 3.00. The molecule has 0 aliphatic rings. The monoisotopic (exact) mass is 576 g/mol. The molecule has 6 nitrogen and oxygen atoms in total. The highest BCUT2D eigenvalue weighted by Crippen LogP contribution is 1.83. The first-order chi connectivity index (χ1) is 19.4. The Balaban J connectivity index is -0.0000000865. The number of carbonyl (C=O) groups is 4. The van der Waals surface area contributed by atoms with Gasteiger partial charge < -0.3 is 20.2 Å². The van der Waals surface area contributed by atoms with Crippen LogP contribution in [0.4, 0.5) is 0 Å². The molecule has 0 aliphatic heterocycles.